The molecule has 110 valence electrons. The number of esters is 1. The molecule has 2 N–H and O–H groups in total. The molecule has 0 aromatic heterocycles. The Bertz CT molecular complexity index is 707. The second-order valence-corrected chi connectivity index (χ2v) is 4.55. The summed E-state index contributed by atoms with van der Waals surface area (Å²) in [7, 11) is 0. The topological polar surface area (TPSA) is 52.3 Å². The van der Waals surface area contributed by atoms with Gasteiger partial charge in [0.05, 0.1) is 16.3 Å². The molecule has 2 rings (SSSR count). The molecule has 21 heavy (non-hydrogen) atoms. The van der Waals surface area contributed by atoms with E-state index in [0.717, 1.165) is 6.07 Å². The van der Waals surface area contributed by atoms with Crippen LogP contribution >= 0.6 is 11.6 Å². The van der Waals surface area contributed by atoms with E-state index in [2.05, 4.69) is 0 Å². The van der Waals surface area contributed by atoms with Crippen LogP contribution < -0.4 is 5.73 Å². The SMILES string of the molecule is Nc1cc(C(=O)OCc2cccc(Cl)c2F)c(F)cc1F. The quantitative estimate of drug-likeness (QED) is 0.694. The van der Waals surface area contributed by atoms with E-state index in [1.54, 1.807) is 0 Å². The van der Waals surface area contributed by atoms with Gasteiger partial charge in [0.2, 0.25) is 0 Å². The molecular formula is C14H9ClF3NO2. The van der Waals surface area contributed by atoms with Gasteiger partial charge in [-0.2, -0.15) is 0 Å². The van der Waals surface area contributed by atoms with E-state index in [4.69, 9.17) is 22.1 Å². The van der Waals surface area contributed by atoms with Gasteiger partial charge in [-0.25, -0.2) is 18.0 Å². The fraction of sp³-hybridized carbons (Fsp3) is 0.0714. The molecule has 0 aliphatic rings. The number of nitrogens with two attached hydrogens (primary N) is 1. The van der Waals surface area contributed by atoms with Crippen LogP contribution in [-0.4, -0.2) is 5.97 Å². The molecule has 0 amide bonds. The Morgan fingerprint density at radius 1 is 1.19 bits per heavy atom. The summed E-state index contributed by atoms with van der Waals surface area (Å²) in [6.45, 7) is -0.443. The van der Waals surface area contributed by atoms with E-state index in [-0.39, 0.29) is 10.6 Å². The minimum absolute atomic E-state index is 0.0336. The molecule has 0 aliphatic carbocycles. The van der Waals surface area contributed by atoms with Crippen molar-refractivity contribution in [1.29, 1.82) is 0 Å². The highest BCUT2D eigenvalue weighted by Crippen LogP contribution is 2.20. The summed E-state index contributed by atoms with van der Waals surface area (Å²) in [6, 6.07) is 5.48. The zero-order valence-corrected chi connectivity index (χ0v) is 11.3. The predicted molar refractivity (Wildman–Crippen MR) is 71.3 cm³/mol. The van der Waals surface area contributed by atoms with E-state index < -0.39 is 41.3 Å². The van der Waals surface area contributed by atoms with Crippen molar-refractivity contribution in [2.45, 2.75) is 6.61 Å². The van der Waals surface area contributed by atoms with E-state index in [9.17, 15) is 18.0 Å². The van der Waals surface area contributed by atoms with Crippen LogP contribution in [0, 0.1) is 17.5 Å². The molecule has 0 bridgehead atoms. The molecule has 0 saturated heterocycles. The van der Waals surface area contributed by atoms with Crippen molar-refractivity contribution < 1.29 is 22.7 Å². The molecule has 2 aromatic carbocycles. The van der Waals surface area contributed by atoms with Crippen LogP contribution in [0.5, 0.6) is 0 Å². The Hall–Kier alpha value is -2.21. The first kappa shape index (κ1) is 15.2. The van der Waals surface area contributed by atoms with Gasteiger partial charge in [0.25, 0.3) is 0 Å². The molecule has 0 atom stereocenters. The zero-order chi connectivity index (χ0) is 15.6. The lowest BCUT2D eigenvalue weighted by molar-refractivity contribution is 0.0463. The molecule has 0 aliphatic heterocycles. The number of rotatable bonds is 3. The van der Waals surface area contributed by atoms with E-state index >= 15 is 0 Å². The van der Waals surface area contributed by atoms with Crippen LogP contribution in [-0.2, 0) is 11.3 Å². The average Bonchev–Trinajstić information content (AvgIpc) is 2.44. The highest BCUT2D eigenvalue weighted by atomic mass is 35.5. The van der Waals surface area contributed by atoms with Crippen LogP contribution in [0.15, 0.2) is 30.3 Å². The normalized spacial score (nSPS) is 10.5. The van der Waals surface area contributed by atoms with Crippen molar-refractivity contribution in [3.05, 3.63) is 63.9 Å². The van der Waals surface area contributed by atoms with Crippen LogP contribution in [0.25, 0.3) is 0 Å². The van der Waals surface area contributed by atoms with Crippen molar-refractivity contribution in [3.8, 4) is 0 Å². The largest absolute Gasteiger partial charge is 0.457 e. The monoisotopic (exact) mass is 315 g/mol. The minimum Gasteiger partial charge on any atom is -0.457 e. The number of ether oxygens (including phenoxy) is 1. The third kappa shape index (κ3) is 3.28. The van der Waals surface area contributed by atoms with Crippen LogP contribution in [0.4, 0.5) is 18.9 Å². The van der Waals surface area contributed by atoms with Crippen molar-refractivity contribution >= 4 is 23.3 Å². The first-order chi connectivity index (χ1) is 9.90. The lowest BCUT2D eigenvalue weighted by Gasteiger charge is -2.08. The Morgan fingerprint density at radius 3 is 2.62 bits per heavy atom. The highest BCUT2D eigenvalue weighted by molar-refractivity contribution is 6.30. The van der Waals surface area contributed by atoms with Gasteiger partial charge in [0, 0.05) is 11.6 Å². The van der Waals surface area contributed by atoms with E-state index in [1.165, 1.54) is 18.2 Å². The van der Waals surface area contributed by atoms with Gasteiger partial charge < -0.3 is 10.5 Å². The molecule has 2 aromatic rings. The summed E-state index contributed by atoms with van der Waals surface area (Å²) < 4.78 is 44.8. The van der Waals surface area contributed by atoms with Crippen LogP contribution in [0.2, 0.25) is 5.02 Å². The van der Waals surface area contributed by atoms with E-state index in [1.807, 2.05) is 0 Å². The molecule has 0 heterocycles. The number of carbonyl (C=O) groups is 1. The molecule has 0 unspecified atom stereocenters. The summed E-state index contributed by atoms with van der Waals surface area (Å²) in [5.74, 6) is -3.91. The minimum atomic E-state index is -1.11. The van der Waals surface area contributed by atoms with Gasteiger partial charge in [-0.05, 0) is 12.1 Å². The summed E-state index contributed by atoms with van der Waals surface area (Å²) in [4.78, 5) is 11.7. The third-order valence-corrected chi connectivity index (χ3v) is 2.99. The molecule has 0 fully saturated rings. The van der Waals surface area contributed by atoms with Gasteiger partial charge in [0.15, 0.2) is 0 Å². The van der Waals surface area contributed by atoms with Crippen molar-refractivity contribution in [2.75, 3.05) is 5.73 Å². The number of hydrogen-bond donors (Lipinski definition) is 1. The van der Waals surface area contributed by atoms with Crippen molar-refractivity contribution in [3.63, 3.8) is 0 Å². The Balaban J connectivity index is 2.16. The number of hydrogen-bond acceptors (Lipinski definition) is 3. The molecule has 0 saturated carbocycles. The summed E-state index contributed by atoms with van der Waals surface area (Å²) in [5.41, 5.74) is 4.36. The Morgan fingerprint density at radius 2 is 1.90 bits per heavy atom. The smallest absolute Gasteiger partial charge is 0.341 e. The lowest BCUT2D eigenvalue weighted by atomic mass is 10.2. The zero-order valence-electron chi connectivity index (χ0n) is 10.5. The maximum atomic E-state index is 13.6. The number of halogens is 4. The summed E-state index contributed by atoms with van der Waals surface area (Å²) in [5, 5.41) is -0.124. The molecular weight excluding hydrogens is 307 g/mol. The van der Waals surface area contributed by atoms with Crippen molar-refractivity contribution in [1.82, 2.24) is 0 Å². The van der Waals surface area contributed by atoms with Gasteiger partial charge in [0.1, 0.15) is 24.1 Å². The maximum Gasteiger partial charge on any atom is 0.341 e. The second kappa shape index (κ2) is 6.05. The van der Waals surface area contributed by atoms with Gasteiger partial charge in [-0.1, -0.05) is 23.7 Å². The molecule has 0 radical (unpaired) electrons. The van der Waals surface area contributed by atoms with Gasteiger partial charge >= 0.3 is 5.97 Å². The standard InChI is InChI=1S/C14H9ClF3NO2/c15-9-3-1-2-7(13(9)18)6-21-14(20)8-4-12(19)11(17)5-10(8)16/h1-5H,6,19H2. The maximum absolute atomic E-state index is 13.6. The fourth-order valence-corrected chi connectivity index (χ4v) is 1.80. The Kier molecular flexibility index (Phi) is 4.37. The molecule has 7 heteroatoms. The second-order valence-electron chi connectivity index (χ2n) is 4.14. The summed E-state index contributed by atoms with van der Waals surface area (Å²) in [6.07, 6.45) is 0. The number of anilines is 1. The predicted octanol–water partition coefficient (Wildman–Crippen LogP) is 3.70. The van der Waals surface area contributed by atoms with E-state index in [0.29, 0.717) is 6.07 Å². The fourth-order valence-electron chi connectivity index (χ4n) is 1.60. The van der Waals surface area contributed by atoms with Gasteiger partial charge in [-0.3, -0.25) is 0 Å². The number of carbonyl (C=O) groups excluding carboxylic acids is 1. The average molecular weight is 316 g/mol. The lowest BCUT2D eigenvalue weighted by Crippen LogP contribution is -2.10. The highest BCUT2D eigenvalue weighted by Gasteiger charge is 2.17. The van der Waals surface area contributed by atoms with Crippen LogP contribution in [0.3, 0.4) is 0 Å². The number of nitrogen functional groups attached to an aromatic ring is 1. The number of benzene rings is 2. The van der Waals surface area contributed by atoms with Gasteiger partial charge in [-0.15, -0.1) is 0 Å². The molecule has 3 nitrogen and oxygen atoms in total. The first-order valence-corrected chi connectivity index (χ1v) is 6.12. The Labute approximate surface area is 123 Å². The summed E-state index contributed by atoms with van der Waals surface area (Å²) >= 11 is 5.58. The van der Waals surface area contributed by atoms with Crippen molar-refractivity contribution in [2.24, 2.45) is 0 Å². The molecule has 0 spiro atoms. The van der Waals surface area contributed by atoms with Crippen LogP contribution in [0.1, 0.15) is 15.9 Å². The third-order valence-electron chi connectivity index (χ3n) is 2.70. The first-order valence-electron chi connectivity index (χ1n) is 5.74.